The molecule has 0 aromatic carbocycles. The fourth-order valence-corrected chi connectivity index (χ4v) is 1.43. The third-order valence-corrected chi connectivity index (χ3v) is 2.41. The number of carboxylic acids is 1. The van der Waals surface area contributed by atoms with Crippen LogP contribution in [0.25, 0.3) is 0 Å². The lowest BCUT2D eigenvalue weighted by Gasteiger charge is -2.06. The smallest absolute Gasteiger partial charge is 0.304 e. The van der Waals surface area contributed by atoms with Crippen molar-refractivity contribution in [3.05, 3.63) is 0 Å². The van der Waals surface area contributed by atoms with Crippen LogP contribution < -0.4 is 0 Å². The molecule has 11 heavy (non-hydrogen) atoms. The predicted molar refractivity (Wildman–Crippen MR) is 46.0 cm³/mol. The van der Waals surface area contributed by atoms with E-state index < -0.39 is 5.97 Å². The van der Waals surface area contributed by atoms with Gasteiger partial charge in [0.25, 0.3) is 0 Å². The summed E-state index contributed by atoms with van der Waals surface area (Å²) in [6, 6.07) is 0. The van der Waals surface area contributed by atoms with E-state index >= 15 is 0 Å². The summed E-state index contributed by atoms with van der Waals surface area (Å²) in [5.41, 5.74) is 0. The van der Waals surface area contributed by atoms with E-state index in [1.807, 2.05) is 6.92 Å². The van der Waals surface area contributed by atoms with E-state index in [0.717, 1.165) is 5.75 Å². The Morgan fingerprint density at radius 1 is 1.73 bits per heavy atom. The fourth-order valence-electron chi connectivity index (χ4n) is 0.477. The normalized spacial score (nSPS) is 12.9. The Labute approximate surface area is 71.1 Å². The van der Waals surface area contributed by atoms with Gasteiger partial charge in [0.15, 0.2) is 0 Å². The molecule has 0 aromatic heterocycles. The number of methoxy groups -OCH3 is 1. The van der Waals surface area contributed by atoms with Gasteiger partial charge >= 0.3 is 5.97 Å². The summed E-state index contributed by atoms with van der Waals surface area (Å²) >= 11 is 1.61. The van der Waals surface area contributed by atoms with E-state index in [2.05, 4.69) is 0 Å². The lowest BCUT2D eigenvalue weighted by molar-refractivity contribution is -0.136. The molecule has 1 N–H and O–H groups in total. The topological polar surface area (TPSA) is 46.5 Å². The highest BCUT2D eigenvalue weighted by Gasteiger charge is 2.00. The first-order valence-electron chi connectivity index (χ1n) is 3.49. The molecule has 0 saturated heterocycles. The SMILES string of the molecule is COC(C)CSCCC(=O)O. The van der Waals surface area contributed by atoms with Gasteiger partial charge in [0.1, 0.15) is 0 Å². The number of hydrogen-bond acceptors (Lipinski definition) is 3. The summed E-state index contributed by atoms with van der Waals surface area (Å²) in [6.07, 6.45) is 0.454. The van der Waals surface area contributed by atoms with Crippen LogP contribution in [-0.4, -0.2) is 35.8 Å². The van der Waals surface area contributed by atoms with Crippen LogP contribution in [0.2, 0.25) is 0 Å². The highest BCUT2D eigenvalue weighted by atomic mass is 32.2. The Kier molecular flexibility index (Phi) is 6.36. The van der Waals surface area contributed by atoms with Gasteiger partial charge in [-0.1, -0.05) is 0 Å². The molecular formula is C7H14O3S. The summed E-state index contributed by atoms with van der Waals surface area (Å²) < 4.78 is 4.99. The number of carbonyl (C=O) groups is 1. The Hall–Kier alpha value is -0.220. The molecule has 0 aliphatic carbocycles. The molecule has 0 heterocycles. The molecule has 0 saturated carbocycles. The Morgan fingerprint density at radius 2 is 2.36 bits per heavy atom. The second kappa shape index (κ2) is 6.49. The number of thioether (sulfide) groups is 1. The van der Waals surface area contributed by atoms with E-state index in [4.69, 9.17) is 9.84 Å². The summed E-state index contributed by atoms with van der Waals surface area (Å²) in [6.45, 7) is 1.97. The van der Waals surface area contributed by atoms with Crippen LogP contribution in [0.3, 0.4) is 0 Å². The van der Waals surface area contributed by atoms with Crippen molar-refractivity contribution in [3.63, 3.8) is 0 Å². The van der Waals surface area contributed by atoms with Crippen molar-refractivity contribution in [1.29, 1.82) is 0 Å². The zero-order valence-corrected chi connectivity index (χ0v) is 7.69. The number of hydrogen-bond donors (Lipinski definition) is 1. The lowest BCUT2D eigenvalue weighted by atomic mass is 10.5. The van der Waals surface area contributed by atoms with Crippen molar-refractivity contribution in [3.8, 4) is 0 Å². The minimum absolute atomic E-state index is 0.216. The summed E-state index contributed by atoms with van der Waals surface area (Å²) in [4.78, 5) is 10.1. The molecular weight excluding hydrogens is 164 g/mol. The van der Waals surface area contributed by atoms with Crippen LogP contribution in [-0.2, 0) is 9.53 Å². The highest BCUT2D eigenvalue weighted by Crippen LogP contribution is 2.05. The Morgan fingerprint density at radius 3 is 2.82 bits per heavy atom. The van der Waals surface area contributed by atoms with Gasteiger partial charge in [0, 0.05) is 18.6 Å². The molecule has 0 fully saturated rings. The molecule has 0 bridgehead atoms. The number of rotatable bonds is 6. The molecule has 1 atom stereocenters. The maximum Gasteiger partial charge on any atom is 0.304 e. The first-order chi connectivity index (χ1) is 5.16. The number of ether oxygens (including phenoxy) is 1. The average molecular weight is 178 g/mol. The van der Waals surface area contributed by atoms with Crippen molar-refractivity contribution < 1.29 is 14.6 Å². The zero-order chi connectivity index (χ0) is 8.69. The minimum Gasteiger partial charge on any atom is -0.481 e. The maximum atomic E-state index is 10.1. The van der Waals surface area contributed by atoms with Gasteiger partial charge in [-0.2, -0.15) is 11.8 Å². The predicted octanol–water partition coefficient (Wildman–Crippen LogP) is 1.23. The van der Waals surface area contributed by atoms with Crippen LogP contribution in [0.1, 0.15) is 13.3 Å². The fraction of sp³-hybridized carbons (Fsp3) is 0.857. The highest BCUT2D eigenvalue weighted by molar-refractivity contribution is 7.99. The van der Waals surface area contributed by atoms with E-state index in [1.165, 1.54) is 0 Å². The maximum absolute atomic E-state index is 10.1. The van der Waals surface area contributed by atoms with E-state index in [0.29, 0.717) is 5.75 Å². The van der Waals surface area contributed by atoms with Gasteiger partial charge in [-0.3, -0.25) is 4.79 Å². The summed E-state index contributed by atoms with van der Waals surface area (Å²) in [7, 11) is 1.66. The molecule has 1 unspecified atom stereocenters. The molecule has 4 heteroatoms. The molecule has 0 aromatic rings. The molecule has 0 radical (unpaired) electrons. The second-order valence-electron chi connectivity index (χ2n) is 2.26. The van der Waals surface area contributed by atoms with Crippen molar-refractivity contribution in [2.45, 2.75) is 19.4 Å². The molecule has 0 aliphatic rings. The van der Waals surface area contributed by atoms with Crippen LogP contribution in [0, 0.1) is 0 Å². The third-order valence-electron chi connectivity index (χ3n) is 1.22. The van der Waals surface area contributed by atoms with Gasteiger partial charge < -0.3 is 9.84 Å². The van der Waals surface area contributed by atoms with Gasteiger partial charge in [0.2, 0.25) is 0 Å². The summed E-state index contributed by atoms with van der Waals surface area (Å²) in [5, 5.41) is 8.29. The standard InChI is InChI=1S/C7H14O3S/c1-6(10-2)5-11-4-3-7(8)9/h6H,3-5H2,1-2H3,(H,8,9). The quantitative estimate of drug-likeness (QED) is 0.621. The van der Waals surface area contributed by atoms with Crippen molar-refractivity contribution in [2.75, 3.05) is 18.6 Å². The largest absolute Gasteiger partial charge is 0.481 e. The first kappa shape index (κ1) is 10.8. The average Bonchev–Trinajstić information content (AvgIpc) is 1.97. The molecule has 0 rings (SSSR count). The Bertz CT molecular complexity index is 116. The first-order valence-corrected chi connectivity index (χ1v) is 4.64. The monoisotopic (exact) mass is 178 g/mol. The van der Waals surface area contributed by atoms with Gasteiger partial charge in [-0.25, -0.2) is 0 Å². The molecule has 0 aliphatic heterocycles. The van der Waals surface area contributed by atoms with E-state index in [-0.39, 0.29) is 12.5 Å². The van der Waals surface area contributed by atoms with Gasteiger partial charge in [-0.15, -0.1) is 0 Å². The van der Waals surface area contributed by atoms with Crippen molar-refractivity contribution in [1.82, 2.24) is 0 Å². The molecule has 66 valence electrons. The van der Waals surface area contributed by atoms with Gasteiger partial charge in [0.05, 0.1) is 12.5 Å². The van der Waals surface area contributed by atoms with E-state index in [1.54, 1.807) is 18.9 Å². The van der Waals surface area contributed by atoms with Crippen molar-refractivity contribution >= 4 is 17.7 Å². The zero-order valence-electron chi connectivity index (χ0n) is 6.87. The van der Waals surface area contributed by atoms with Crippen LogP contribution in [0.4, 0.5) is 0 Å². The third kappa shape index (κ3) is 7.68. The van der Waals surface area contributed by atoms with Crippen LogP contribution >= 0.6 is 11.8 Å². The lowest BCUT2D eigenvalue weighted by Crippen LogP contribution is -2.08. The van der Waals surface area contributed by atoms with Crippen LogP contribution in [0.15, 0.2) is 0 Å². The molecule has 0 spiro atoms. The van der Waals surface area contributed by atoms with Crippen LogP contribution in [0.5, 0.6) is 0 Å². The molecule has 3 nitrogen and oxygen atoms in total. The minimum atomic E-state index is -0.734. The van der Waals surface area contributed by atoms with Gasteiger partial charge in [-0.05, 0) is 6.92 Å². The Balaban J connectivity index is 3.08. The van der Waals surface area contributed by atoms with E-state index in [9.17, 15) is 4.79 Å². The number of carboxylic acid groups (broad SMARTS) is 1. The second-order valence-corrected chi connectivity index (χ2v) is 3.41. The summed E-state index contributed by atoms with van der Waals surface area (Å²) in [5.74, 6) is 0.801. The number of aliphatic carboxylic acids is 1. The van der Waals surface area contributed by atoms with Crippen molar-refractivity contribution in [2.24, 2.45) is 0 Å². The molecule has 0 amide bonds.